The van der Waals surface area contributed by atoms with Crippen LogP contribution in [0.2, 0.25) is 0 Å². The molecule has 1 heterocycles. The van der Waals surface area contributed by atoms with Crippen molar-refractivity contribution in [3.05, 3.63) is 45.6 Å². The average Bonchev–Trinajstić information content (AvgIpc) is 3.07. The number of hydrogen-bond donors (Lipinski definition) is 1. The van der Waals surface area contributed by atoms with E-state index < -0.39 is 22.5 Å². The second-order valence-corrected chi connectivity index (χ2v) is 12.0. The van der Waals surface area contributed by atoms with Gasteiger partial charge in [0, 0.05) is 11.0 Å². The lowest BCUT2D eigenvalue weighted by molar-refractivity contribution is -0.168. The van der Waals surface area contributed by atoms with Crippen LogP contribution < -0.4 is 25.0 Å². The second-order valence-electron chi connectivity index (χ2n) is 11.2. The molecule has 0 spiro atoms. The highest BCUT2D eigenvalue weighted by Gasteiger charge is 2.75. The van der Waals surface area contributed by atoms with Gasteiger partial charge in [0.05, 0.1) is 37.7 Å². The second kappa shape index (κ2) is 9.47. The van der Waals surface area contributed by atoms with Crippen molar-refractivity contribution in [2.45, 2.75) is 63.0 Å². The van der Waals surface area contributed by atoms with E-state index in [0.29, 0.717) is 53.4 Å². The third kappa shape index (κ3) is 3.68. The van der Waals surface area contributed by atoms with Crippen molar-refractivity contribution in [3.63, 3.8) is 0 Å². The van der Waals surface area contributed by atoms with Gasteiger partial charge in [-0.2, -0.15) is 0 Å². The SMILES string of the molecule is COc1cc2c(c(OC)c1OC)-c1ccc(SC)c(=O)cc1[C@@H](NC(=O)C13CCC(C)(C(=O)O1)C3(C)C)CC2. The lowest BCUT2D eigenvalue weighted by atomic mass is 9.66. The summed E-state index contributed by atoms with van der Waals surface area (Å²) in [7, 11) is 4.70. The first-order chi connectivity index (χ1) is 18.5. The van der Waals surface area contributed by atoms with E-state index in [9.17, 15) is 14.4 Å². The fraction of sp³-hybridized carbons (Fsp3) is 0.500. The molecular weight excluding hydrogens is 518 g/mol. The number of rotatable bonds is 6. The molecule has 1 N–H and O–H groups in total. The summed E-state index contributed by atoms with van der Waals surface area (Å²) >= 11 is 1.37. The van der Waals surface area contributed by atoms with Crippen LogP contribution in [-0.4, -0.2) is 45.1 Å². The van der Waals surface area contributed by atoms with E-state index in [1.807, 2.05) is 39.2 Å². The van der Waals surface area contributed by atoms with Gasteiger partial charge in [-0.1, -0.05) is 19.9 Å². The van der Waals surface area contributed by atoms with Crippen LogP contribution in [0.3, 0.4) is 0 Å². The molecule has 1 amide bonds. The molecule has 1 aliphatic heterocycles. The van der Waals surface area contributed by atoms with Crippen molar-refractivity contribution in [1.82, 2.24) is 5.32 Å². The van der Waals surface area contributed by atoms with Gasteiger partial charge in [0.1, 0.15) is 0 Å². The minimum Gasteiger partial charge on any atom is -0.493 e. The third-order valence-electron chi connectivity index (χ3n) is 9.48. The Kier molecular flexibility index (Phi) is 6.64. The van der Waals surface area contributed by atoms with Crippen LogP contribution in [0.1, 0.15) is 57.2 Å². The van der Waals surface area contributed by atoms with Gasteiger partial charge in [0.15, 0.2) is 22.5 Å². The van der Waals surface area contributed by atoms with E-state index in [0.717, 1.165) is 16.7 Å². The maximum atomic E-state index is 14.1. The van der Waals surface area contributed by atoms with E-state index in [4.69, 9.17) is 18.9 Å². The number of esters is 1. The summed E-state index contributed by atoms with van der Waals surface area (Å²) < 4.78 is 23.0. The Morgan fingerprint density at radius 2 is 1.74 bits per heavy atom. The maximum absolute atomic E-state index is 14.1. The first-order valence-corrected chi connectivity index (χ1v) is 14.3. The zero-order valence-electron chi connectivity index (χ0n) is 23.5. The number of fused-ring (bicyclic) bond motifs is 5. The summed E-state index contributed by atoms with van der Waals surface area (Å²) in [6.45, 7) is 5.76. The summed E-state index contributed by atoms with van der Waals surface area (Å²) in [5.41, 5.74) is 0.393. The third-order valence-corrected chi connectivity index (χ3v) is 10.3. The van der Waals surface area contributed by atoms with Crippen LogP contribution in [0.4, 0.5) is 0 Å². The number of benzene rings is 1. The largest absolute Gasteiger partial charge is 0.493 e. The van der Waals surface area contributed by atoms with Crippen LogP contribution >= 0.6 is 11.8 Å². The molecule has 1 saturated heterocycles. The van der Waals surface area contributed by atoms with Crippen molar-refractivity contribution in [2.75, 3.05) is 27.6 Å². The summed E-state index contributed by atoms with van der Waals surface area (Å²) in [5.74, 6) is 0.838. The van der Waals surface area contributed by atoms with Crippen LogP contribution in [0, 0.1) is 10.8 Å². The van der Waals surface area contributed by atoms with E-state index >= 15 is 0 Å². The molecular formula is C30H35NO7S. The van der Waals surface area contributed by atoms with Gasteiger partial charge < -0.3 is 24.3 Å². The first kappa shape index (κ1) is 27.4. The lowest BCUT2D eigenvalue weighted by Crippen LogP contribution is -2.54. The topological polar surface area (TPSA) is 100 Å². The van der Waals surface area contributed by atoms with Gasteiger partial charge in [0.2, 0.25) is 5.75 Å². The first-order valence-electron chi connectivity index (χ1n) is 13.1. The molecule has 2 aromatic rings. The predicted octanol–water partition coefficient (Wildman–Crippen LogP) is 4.69. The molecule has 0 aromatic heterocycles. The number of hydrogen-bond acceptors (Lipinski definition) is 8. The highest BCUT2D eigenvalue weighted by Crippen LogP contribution is 2.65. The molecule has 1 saturated carbocycles. The van der Waals surface area contributed by atoms with Crippen molar-refractivity contribution in [1.29, 1.82) is 0 Å². The van der Waals surface area contributed by atoms with Gasteiger partial charge in [-0.05, 0) is 73.8 Å². The summed E-state index contributed by atoms with van der Waals surface area (Å²) in [6, 6.07) is 6.74. The van der Waals surface area contributed by atoms with Gasteiger partial charge in [-0.15, -0.1) is 11.8 Å². The molecule has 0 radical (unpaired) electrons. The zero-order chi connectivity index (χ0) is 28.3. The molecule has 208 valence electrons. The number of carbonyl (C=O) groups excluding carboxylic acids is 2. The van der Waals surface area contributed by atoms with E-state index in [2.05, 4.69) is 5.32 Å². The molecule has 2 unspecified atom stereocenters. The van der Waals surface area contributed by atoms with Gasteiger partial charge in [0.25, 0.3) is 5.91 Å². The summed E-state index contributed by atoms with van der Waals surface area (Å²) in [4.78, 5) is 40.7. The monoisotopic (exact) mass is 553 g/mol. The number of thioether (sulfide) groups is 1. The van der Waals surface area contributed by atoms with Crippen LogP contribution in [0.5, 0.6) is 17.2 Å². The van der Waals surface area contributed by atoms with Crippen molar-refractivity contribution in [2.24, 2.45) is 10.8 Å². The average molecular weight is 554 g/mol. The molecule has 3 aliphatic rings. The Morgan fingerprint density at radius 3 is 2.31 bits per heavy atom. The van der Waals surface area contributed by atoms with Crippen molar-refractivity contribution >= 4 is 23.6 Å². The van der Waals surface area contributed by atoms with Crippen LogP contribution in [-0.2, 0) is 20.7 Å². The van der Waals surface area contributed by atoms with E-state index in [1.165, 1.54) is 11.8 Å². The van der Waals surface area contributed by atoms with Gasteiger partial charge in [-0.25, -0.2) is 0 Å². The van der Waals surface area contributed by atoms with Crippen LogP contribution in [0.15, 0.2) is 34.0 Å². The summed E-state index contributed by atoms with van der Waals surface area (Å²) in [5, 5.41) is 3.21. The molecule has 39 heavy (non-hydrogen) atoms. The molecule has 9 heteroatoms. The zero-order valence-corrected chi connectivity index (χ0v) is 24.3. The maximum Gasteiger partial charge on any atom is 0.313 e. The standard InChI is InChI=1S/C30H35NO7S/c1-28(2)29(3)12-13-30(28,38-27(29)34)26(33)31-19-10-8-16-14-21(35-4)24(36-5)25(37-6)23(16)17-9-11-22(39-7)20(32)15-18(17)19/h9,11,14-15,19H,8,10,12-13H2,1-7H3,(H,31,33)/t19-,29?,30?/m0/s1. The molecule has 2 aromatic carbocycles. The Bertz CT molecular complexity index is 1440. The van der Waals surface area contributed by atoms with E-state index in [1.54, 1.807) is 33.5 Å². The Hall–Kier alpha value is -3.20. The number of carbonyl (C=O) groups is 2. The quantitative estimate of drug-likeness (QED) is 0.406. The number of nitrogens with one attached hydrogen (secondary N) is 1. The minimum absolute atomic E-state index is 0.134. The van der Waals surface area contributed by atoms with Crippen LogP contribution in [0.25, 0.3) is 11.1 Å². The number of amides is 1. The summed E-state index contributed by atoms with van der Waals surface area (Å²) in [6.07, 6.45) is 4.00. The Morgan fingerprint density at radius 1 is 1.03 bits per heavy atom. The number of methoxy groups -OCH3 is 3. The highest BCUT2D eigenvalue weighted by atomic mass is 32.2. The normalized spacial score (nSPS) is 26.1. The Labute approximate surface area is 232 Å². The fourth-order valence-electron chi connectivity index (χ4n) is 6.64. The smallest absolute Gasteiger partial charge is 0.313 e. The number of ether oxygens (including phenoxy) is 4. The molecule has 5 rings (SSSR count). The lowest BCUT2D eigenvalue weighted by Gasteiger charge is -2.36. The van der Waals surface area contributed by atoms with Gasteiger partial charge in [-0.3, -0.25) is 14.4 Å². The molecule has 2 aliphatic carbocycles. The minimum atomic E-state index is -1.26. The molecule has 3 atom stereocenters. The molecule has 8 nitrogen and oxygen atoms in total. The highest BCUT2D eigenvalue weighted by molar-refractivity contribution is 7.98. The predicted molar refractivity (Wildman–Crippen MR) is 149 cm³/mol. The Balaban J connectivity index is 1.68. The van der Waals surface area contributed by atoms with Crippen molar-refractivity contribution < 1.29 is 28.5 Å². The fourth-order valence-corrected chi connectivity index (χ4v) is 7.10. The molecule has 2 fully saturated rings. The van der Waals surface area contributed by atoms with E-state index in [-0.39, 0.29) is 17.3 Å². The van der Waals surface area contributed by atoms with Crippen molar-refractivity contribution in [3.8, 4) is 28.4 Å². The number of aryl methyl sites for hydroxylation is 1. The molecule has 2 bridgehead atoms. The van der Waals surface area contributed by atoms with Gasteiger partial charge >= 0.3 is 5.97 Å².